The lowest BCUT2D eigenvalue weighted by molar-refractivity contribution is -0.124. The SMILES string of the molecule is COC1CCC(N(C(=O)C2CCC(C)CC2)c2cc(C3CCC(F)CC3)sc2C(=O)O)CC1. The van der Waals surface area contributed by atoms with Crippen LogP contribution in [0.3, 0.4) is 0 Å². The van der Waals surface area contributed by atoms with Crippen molar-refractivity contribution in [2.24, 2.45) is 11.8 Å². The number of aromatic carboxylic acids is 1. The number of halogens is 1. The molecule has 0 atom stereocenters. The van der Waals surface area contributed by atoms with Crippen LogP contribution in [-0.4, -0.2) is 42.4 Å². The zero-order valence-corrected chi connectivity index (χ0v) is 20.7. The van der Waals surface area contributed by atoms with Crippen molar-refractivity contribution in [1.29, 1.82) is 0 Å². The lowest BCUT2D eigenvalue weighted by Gasteiger charge is -2.39. The Hall–Kier alpha value is -1.47. The largest absolute Gasteiger partial charge is 0.477 e. The Labute approximate surface area is 200 Å². The highest BCUT2D eigenvalue weighted by molar-refractivity contribution is 7.14. The summed E-state index contributed by atoms with van der Waals surface area (Å²) in [6, 6.07) is 1.97. The number of rotatable bonds is 6. The molecule has 1 N–H and O–H groups in total. The van der Waals surface area contributed by atoms with Crippen LogP contribution in [0.15, 0.2) is 6.07 Å². The third-order valence-electron chi connectivity index (χ3n) is 8.19. The Morgan fingerprint density at radius 2 is 1.64 bits per heavy atom. The number of amides is 1. The maximum absolute atomic E-state index is 13.9. The van der Waals surface area contributed by atoms with E-state index in [0.717, 1.165) is 69.1 Å². The number of hydrogen-bond acceptors (Lipinski definition) is 4. The normalized spacial score (nSPS) is 32.9. The highest BCUT2D eigenvalue weighted by Crippen LogP contribution is 2.44. The maximum atomic E-state index is 13.9. The molecule has 3 aliphatic rings. The third-order valence-corrected chi connectivity index (χ3v) is 9.46. The van der Waals surface area contributed by atoms with Gasteiger partial charge in [-0.25, -0.2) is 9.18 Å². The Balaban J connectivity index is 1.65. The number of hydrogen-bond donors (Lipinski definition) is 1. The van der Waals surface area contributed by atoms with E-state index in [9.17, 15) is 19.1 Å². The van der Waals surface area contributed by atoms with Gasteiger partial charge in [-0.15, -0.1) is 11.3 Å². The number of carboxylic acid groups (broad SMARTS) is 1. The van der Waals surface area contributed by atoms with Gasteiger partial charge in [-0.3, -0.25) is 4.79 Å². The second-order valence-electron chi connectivity index (χ2n) is 10.4. The smallest absolute Gasteiger partial charge is 0.348 e. The van der Waals surface area contributed by atoms with E-state index in [0.29, 0.717) is 24.4 Å². The van der Waals surface area contributed by atoms with Gasteiger partial charge in [-0.05, 0) is 95.0 Å². The Bertz CT molecular complexity index is 818. The van der Waals surface area contributed by atoms with Crippen molar-refractivity contribution in [2.45, 2.75) is 108 Å². The molecule has 1 aromatic heterocycles. The Kier molecular flexibility index (Phi) is 8.11. The van der Waals surface area contributed by atoms with Crippen LogP contribution in [0, 0.1) is 11.8 Å². The van der Waals surface area contributed by atoms with Gasteiger partial charge in [0.25, 0.3) is 0 Å². The maximum Gasteiger partial charge on any atom is 0.348 e. The number of alkyl halides is 1. The zero-order chi connectivity index (χ0) is 23.5. The predicted octanol–water partition coefficient (Wildman–Crippen LogP) is 6.56. The van der Waals surface area contributed by atoms with E-state index in [1.807, 2.05) is 11.0 Å². The Morgan fingerprint density at radius 1 is 1.00 bits per heavy atom. The molecule has 0 radical (unpaired) electrons. The number of methoxy groups -OCH3 is 1. The van der Waals surface area contributed by atoms with Gasteiger partial charge in [-0.2, -0.15) is 0 Å². The molecule has 0 saturated heterocycles. The first kappa shape index (κ1) is 24.6. The Morgan fingerprint density at radius 3 is 2.21 bits per heavy atom. The first-order valence-corrected chi connectivity index (χ1v) is 13.6. The number of thiophene rings is 1. The van der Waals surface area contributed by atoms with E-state index < -0.39 is 12.1 Å². The molecule has 1 aromatic rings. The molecule has 1 heterocycles. The fourth-order valence-corrected chi connectivity index (χ4v) is 7.17. The average molecular weight is 480 g/mol. The van der Waals surface area contributed by atoms with Crippen molar-refractivity contribution >= 4 is 28.9 Å². The number of nitrogens with zero attached hydrogens (tertiary/aromatic N) is 1. The first-order valence-electron chi connectivity index (χ1n) is 12.7. The number of carboxylic acids is 1. The van der Waals surface area contributed by atoms with Crippen LogP contribution in [0.2, 0.25) is 0 Å². The van der Waals surface area contributed by atoms with E-state index in [-0.39, 0.29) is 34.8 Å². The topological polar surface area (TPSA) is 66.8 Å². The van der Waals surface area contributed by atoms with Crippen LogP contribution in [0.4, 0.5) is 10.1 Å². The number of carbonyl (C=O) groups excluding carboxylic acids is 1. The number of carbonyl (C=O) groups is 2. The number of anilines is 1. The summed E-state index contributed by atoms with van der Waals surface area (Å²) >= 11 is 1.30. The minimum absolute atomic E-state index is 0.00498. The number of ether oxygens (including phenoxy) is 1. The second kappa shape index (κ2) is 10.9. The molecule has 0 aliphatic heterocycles. The minimum atomic E-state index is -0.971. The molecule has 5 nitrogen and oxygen atoms in total. The predicted molar refractivity (Wildman–Crippen MR) is 129 cm³/mol. The minimum Gasteiger partial charge on any atom is -0.477 e. The summed E-state index contributed by atoms with van der Waals surface area (Å²) in [5.41, 5.74) is 0.578. The quantitative estimate of drug-likeness (QED) is 0.502. The zero-order valence-electron chi connectivity index (χ0n) is 19.9. The van der Waals surface area contributed by atoms with Gasteiger partial charge in [0.1, 0.15) is 11.0 Å². The average Bonchev–Trinajstić information content (AvgIpc) is 3.26. The standard InChI is InChI=1S/C26H38FNO4S/c1-16-3-5-18(6-4-16)25(29)28(20-11-13-21(32-2)14-12-20)22-15-23(33-24(22)26(30)31)17-7-9-19(27)10-8-17/h15-21H,3-14H2,1-2H3,(H,30,31). The second-order valence-corrected chi connectivity index (χ2v) is 11.5. The molecule has 0 unspecified atom stereocenters. The highest BCUT2D eigenvalue weighted by Gasteiger charge is 2.38. The van der Waals surface area contributed by atoms with E-state index >= 15 is 0 Å². The van der Waals surface area contributed by atoms with Crippen LogP contribution in [0.1, 0.15) is 104 Å². The van der Waals surface area contributed by atoms with E-state index in [4.69, 9.17) is 4.74 Å². The summed E-state index contributed by atoms with van der Waals surface area (Å²) < 4.78 is 19.2. The summed E-state index contributed by atoms with van der Waals surface area (Å²) in [7, 11) is 1.73. The van der Waals surface area contributed by atoms with Gasteiger partial charge < -0.3 is 14.7 Å². The lowest BCUT2D eigenvalue weighted by Crippen LogP contribution is -2.47. The van der Waals surface area contributed by atoms with Gasteiger partial charge in [0.2, 0.25) is 5.91 Å². The van der Waals surface area contributed by atoms with Gasteiger partial charge in [0, 0.05) is 23.9 Å². The molecule has 33 heavy (non-hydrogen) atoms. The summed E-state index contributed by atoms with van der Waals surface area (Å²) in [6.07, 6.45) is 9.28. The van der Waals surface area contributed by atoms with Crippen LogP contribution < -0.4 is 4.90 Å². The lowest BCUT2D eigenvalue weighted by atomic mass is 9.81. The summed E-state index contributed by atoms with van der Waals surface area (Å²) in [6.45, 7) is 2.24. The molecular weight excluding hydrogens is 441 g/mol. The molecule has 1 amide bonds. The van der Waals surface area contributed by atoms with Crippen molar-refractivity contribution < 1.29 is 23.8 Å². The monoisotopic (exact) mass is 479 g/mol. The highest BCUT2D eigenvalue weighted by atomic mass is 32.1. The van der Waals surface area contributed by atoms with Crippen molar-refractivity contribution in [3.63, 3.8) is 0 Å². The van der Waals surface area contributed by atoms with Gasteiger partial charge in [0.05, 0.1) is 11.8 Å². The van der Waals surface area contributed by atoms with Crippen LogP contribution >= 0.6 is 11.3 Å². The van der Waals surface area contributed by atoms with Crippen molar-refractivity contribution in [3.05, 3.63) is 15.8 Å². The van der Waals surface area contributed by atoms with E-state index in [1.54, 1.807) is 7.11 Å². The van der Waals surface area contributed by atoms with Crippen LogP contribution in [0.5, 0.6) is 0 Å². The van der Waals surface area contributed by atoms with Crippen LogP contribution in [0.25, 0.3) is 0 Å². The van der Waals surface area contributed by atoms with E-state index in [1.165, 1.54) is 11.3 Å². The summed E-state index contributed by atoms with van der Waals surface area (Å²) in [5, 5.41) is 10.1. The van der Waals surface area contributed by atoms with Crippen molar-refractivity contribution in [3.8, 4) is 0 Å². The van der Waals surface area contributed by atoms with Crippen molar-refractivity contribution in [1.82, 2.24) is 0 Å². The molecule has 7 heteroatoms. The molecule has 3 saturated carbocycles. The molecule has 4 rings (SSSR count). The molecule has 3 fully saturated rings. The molecule has 0 bridgehead atoms. The van der Waals surface area contributed by atoms with E-state index in [2.05, 4.69) is 6.92 Å². The van der Waals surface area contributed by atoms with Crippen molar-refractivity contribution in [2.75, 3.05) is 12.0 Å². The molecule has 0 spiro atoms. The van der Waals surface area contributed by atoms with Gasteiger partial charge in [0.15, 0.2) is 0 Å². The summed E-state index contributed by atoms with van der Waals surface area (Å²) in [5.74, 6) is -0.0744. The molecule has 184 valence electrons. The fraction of sp³-hybridized carbons (Fsp3) is 0.769. The fourth-order valence-electron chi connectivity index (χ4n) is 6.01. The molecule has 3 aliphatic carbocycles. The van der Waals surface area contributed by atoms with Gasteiger partial charge in [-0.1, -0.05) is 6.92 Å². The van der Waals surface area contributed by atoms with Crippen LogP contribution in [-0.2, 0) is 9.53 Å². The third kappa shape index (κ3) is 5.61. The summed E-state index contributed by atoms with van der Waals surface area (Å²) in [4.78, 5) is 29.3. The van der Waals surface area contributed by atoms with Gasteiger partial charge >= 0.3 is 5.97 Å². The molecular formula is C26H38FNO4S. The first-order chi connectivity index (χ1) is 15.9. The molecule has 0 aromatic carbocycles.